The summed E-state index contributed by atoms with van der Waals surface area (Å²) in [6.07, 6.45) is 0.512. The molecule has 0 saturated carbocycles. The van der Waals surface area contributed by atoms with Crippen molar-refractivity contribution in [1.82, 2.24) is 10.9 Å². The first-order valence-corrected chi connectivity index (χ1v) is 9.11. The van der Waals surface area contributed by atoms with Gasteiger partial charge in [0.1, 0.15) is 12.4 Å². The van der Waals surface area contributed by atoms with Crippen molar-refractivity contribution in [3.05, 3.63) is 58.1 Å². The molecule has 0 spiro atoms. The molecule has 7 heteroatoms. The molecule has 1 aliphatic heterocycles. The predicted molar refractivity (Wildman–Crippen MR) is 105 cm³/mol. The molecule has 0 aromatic heterocycles. The molecular weight excluding hydrogens is 366 g/mol. The van der Waals surface area contributed by atoms with Gasteiger partial charge in [-0.2, -0.15) is 0 Å². The van der Waals surface area contributed by atoms with Crippen LogP contribution in [0, 0.1) is 19.8 Å². The molecule has 3 N–H and O–H groups in total. The van der Waals surface area contributed by atoms with Crippen LogP contribution < -0.4 is 20.9 Å². The minimum absolute atomic E-state index is 0.0593. The van der Waals surface area contributed by atoms with Gasteiger partial charge in [0.05, 0.1) is 12.5 Å². The number of ether oxygens (including phenoxy) is 1. The number of halogens is 1. The molecule has 142 valence electrons. The van der Waals surface area contributed by atoms with E-state index < -0.39 is 0 Å². The van der Waals surface area contributed by atoms with Crippen molar-refractivity contribution in [2.75, 3.05) is 18.5 Å². The van der Waals surface area contributed by atoms with E-state index in [9.17, 15) is 9.59 Å². The maximum Gasteiger partial charge on any atom is 0.257 e. The molecule has 6 nitrogen and oxygen atoms in total. The van der Waals surface area contributed by atoms with Gasteiger partial charge in [-0.3, -0.25) is 20.4 Å². The van der Waals surface area contributed by atoms with Crippen LogP contribution in [0.25, 0.3) is 0 Å². The fourth-order valence-corrected chi connectivity index (χ4v) is 3.19. The van der Waals surface area contributed by atoms with Crippen molar-refractivity contribution in [2.24, 2.45) is 5.92 Å². The maximum absolute atomic E-state index is 12.3. The molecule has 1 atom stereocenters. The zero-order valence-corrected chi connectivity index (χ0v) is 16.0. The Morgan fingerprint density at radius 3 is 2.74 bits per heavy atom. The van der Waals surface area contributed by atoms with E-state index in [0.717, 1.165) is 28.1 Å². The van der Waals surface area contributed by atoms with Crippen LogP contribution >= 0.6 is 11.6 Å². The van der Waals surface area contributed by atoms with E-state index in [1.165, 1.54) is 0 Å². The topological polar surface area (TPSA) is 79.5 Å². The van der Waals surface area contributed by atoms with Gasteiger partial charge in [0, 0.05) is 10.7 Å². The maximum atomic E-state index is 12.3. The van der Waals surface area contributed by atoms with Crippen molar-refractivity contribution >= 4 is 29.1 Å². The van der Waals surface area contributed by atoms with E-state index in [1.54, 1.807) is 18.2 Å². The van der Waals surface area contributed by atoms with E-state index >= 15 is 0 Å². The summed E-state index contributed by atoms with van der Waals surface area (Å²) >= 11 is 5.99. The zero-order valence-electron chi connectivity index (χ0n) is 15.3. The summed E-state index contributed by atoms with van der Waals surface area (Å²) in [5.74, 6) is -0.266. The molecule has 0 fully saturated rings. The highest BCUT2D eigenvalue weighted by molar-refractivity contribution is 6.30. The van der Waals surface area contributed by atoms with Gasteiger partial charge in [0.2, 0.25) is 5.91 Å². The first-order valence-electron chi connectivity index (χ1n) is 8.73. The number of carbonyl (C=O) groups is 2. The van der Waals surface area contributed by atoms with Gasteiger partial charge in [0.15, 0.2) is 0 Å². The number of carbonyl (C=O) groups excluding carboxylic acids is 2. The van der Waals surface area contributed by atoms with Gasteiger partial charge >= 0.3 is 0 Å². The number of rotatable bonds is 4. The zero-order chi connectivity index (χ0) is 19.4. The molecule has 0 aliphatic carbocycles. The molecule has 27 heavy (non-hydrogen) atoms. The number of hydrogen-bond acceptors (Lipinski definition) is 4. The minimum atomic E-state index is -0.386. The van der Waals surface area contributed by atoms with E-state index in [2.05, 4.69) is 16.2 Å². The lowest BCUT2D eigenvalue weighted by Crippen LogP contribution is -2.48. The van der Waals surface area contributed by atoms with Crippen LogP contribution in [0.4, 0.5) is 5.69 Å². The lowest BCUT2D eigenvalue weighted by molar-refractivity contribution is -0.131. The van der Waals surface area contributed by atoms with Crippen LogP contribution in [0.5, 0.6) is 5.75 Å². The molecule has 0 radical (unpaired) electrons. The standard InChI is InChI=1S/C20H22ClN3O3/c1-12-3-5-17(13(2)7-12)22-10-19(25)23-24-20(26)15-8-14-9-16(21)4-6-18(14)27-11-15/h3-7,9,15,22H,8,10-11H2,1-2H3,(H,23,25)(H,24,26)/t15-/m0/s1. The Labute approximate surface area is 163 Å². The number of nitrogens with one attached hydrogen (secondary N) is 3. The fourth-order valence-electron chi connectivity index (χ4n) is 3.00. The third-order valence-corrected chi connectivity index (χ3v) is 4.68. The summed E-state index contributed by atoms with van der Waals surface area (Å²) in [6.45, 7) is 4.31. The summed E-state index contributed by atoms with van der Waals surface area (Å²) in [6, 6.07) is 11.3. The molecule has 2 aromatic carbocycles. The Morgan fingerprint density at radius 1 is 1.15 bits per heavy atom. The highest BCUT2D eigenvalue weighted by atomic mass is 35.5. The predicted octanol–water partition coefficient (Wildman–Crippen LogP) is 2.77. The van der Waals surface area contributed by atoms with E-state index in [1.807, 2.05) is 32.0 Å². The molecule has 2 amide bonds. The smallest absolute Gasteiger partial charge is 0.257 e. The molecule has 1 aliphatic rings. The second-order valence-corrected chi connectivity index (χ2v) is 7.11. The summed E-state index contributed by atoms with van der Waals surface area (Å²) in [7, 11) is 0. The van der Waals surface area contributed by atoms with Crippen molar-refractivity contribution < 1.29 is 14.3 Å². The van der Waals surface area contributed by atoms with Crippen molar-refractivity contribution in [1.29, 1.82) is 0 Å². The van der Waals surface area contributed by atoms with Crippen LogP contribution in [0.2, 0.25) is 5.02 Å². The normalized spacial score (nSPS) is 15.3. The van der Waals surface area contributed by atoms with Gasteiger partial charge in [0.25, 0.3) is 5.91 Å². The third kappa shape index (κ3) is 4.92. The third-order valence-electron chi connectivity index (χ3n) is 4.45. The van der Waals surface area contributed by atoms with Crippen LogP contribution in [-0.2, 0) is 16.0 Å². The molecular formula is C20H22ClN3O3. The molecule has 0 saturated heterocycles. The monoisotopic (exact) mass is 387 g/mol. The lowest BCUT2D eigenvalue weighted by Gasteiger charge is -2.24. The highest BCUT2D eigenvalue weighted by Gasteiger charge is 2.26. The van der Waals surface area contributed by atoms with Gasteiger partial charge in [-0.15, -0.1) is 0 Å². The van der Waals surface area contributed by atoms with E-state index in [-0.39, 0.29) is 30.9 Å². The fraction of sp³-hybridized carbons (Fsp3) is 0.300. The van der Waals surface area contributed by atoms with Crippen molar-refractivity contribution in [3.63, 3.8) is 0 Å². The molecule has 0 unspecified atom stereocenters. The second-order valence-electron chi connectivity index (χ2n) is 6.67. The van der Waals surface area contributed by atoms with Gasteiger partial charge < -0.3 is 10.1 Å². The molecule has 2 aromatic rings. The molecule has 3 rings (SSSR count). The molecule has 1 heterocycles. The van der Waals surface area contributed by atoms with Crippen LogP contribution in [0.15, 0.2) is 36.4 Å². The molecule has 0 bridgehead atoms. The summed E-state index contributed by atoms with van der Waals surface area (Å²) in [5.41, 5.74) is 8.89. The number of fused-ring (bicyclic) bond motifs is 1. The van der Waals surface area contributed by atoms with Gasteiger partial charge in [-0.1, -0.05) is 29.3 Å². The Hall–Kier alpha value is -2.73. The van der Waals surface area contributed by atoms with Crippen LogP contribution in [-0.4, -0.2) is 25.0 Å². The van der Waals surface area contributed by atoms with Gasteiger partial charge in [-0.25, -0.2) is 0 Å². The number of anilines is 1. The summed E-state index contributed by atoms with van der Waals surface area (Å²) in [5, 5.41) is 3.66. The largest absolute Gasteiger partial charge is 0.492 e. The minimum Gasteiger partial charge on any atom is -0.492 e. The van der Waals surface area contributed by atoms with Crippen molar-refractivity contribution in [2.45, 2.75) is 20.3 Å². The van der Waals surface area contributed by atoms with E-state index in [4.69, 9.17) is 16.3 Å². The second kappa shape index (κ2) is 8.31. The highest BCUT2D eigenvalue weighted by Crippen LogP contribution is 2.29. The number of hydrogen-bond donors (Lipinski definition) is 3. The van der Waals surface area contributed by atoms with Gasteiger partial charge in [-0.05, 0) is 55.7 Å². The Morgan fingerprint density at radius 2 is 1.96 bits per heavy atom. The number of benzene rings is 2. The van der Waals surface area contributed by atoms with E-state index in [0.29, 0.717) is 11.4 Å². The first-order chi connectivity index (χ1) is 12.9. The number of aryl methyl sites for hydroxylation is 2. The average Bonchev–Trinajstić information content (AvgIpc) is 2.64. The quantitative estimate of drug-likeness (QED) is 0.705. The van der Waals surface area contributed by atoms with Crippen LogP contribution in [0.1, 0.15) is 16.7 Å². The summed E-state index contributed by atoms with van der Waals surface area (Å²) < 4.78 is 5.60. The summed E-state index contributed by atoms with van der Waals surface area (Å²) in [4.78, 5) is 24.3. The lowest BCUT2D eigenvalue weighted by atomic mass is 9.96. The van der Waals surface area contributed by atoms with Crippen LogP contribution in [0.3, 0.4) is 0 Å². The Kier molecular flexibility index (Phi) is 5.86. The van der Waals surface area contributed by atoms with Crippen molar-refractivity contribution in [3.8, 4) is 5.75 Å². The number of amides is 2. The Balaban J connectivity index is 1.47. The first kappa shape index (κ1) is 19.0. The SMILES string of the molecule is Cc1ccc(NCC(=O)NNC(=O)[C@@H]2COc3ccc(Cl)cc3C2)c(C)c1. The average molecular weight is 388 g/mol. The number of hydrazine groups is 1. The Bertz CT molecular complexity index is 870.